The summed E-state index contributed by atoms with van der Waals surface area (Å²) in [5.74, 6) is 1.13. The van der Waals surface area contributed by atoms with Crippen molar-refractivity contribution < 1.29 is 0 Å². The number of hydrogen-bond acceptors (Lipinski definition) is 5. The third-order valence-corrected chi connectivity index (χ3v) is 5.50. The lowest BCUT2D eigenvalue weighted by atomic mass is 9.93. The molecule has 1 fully saturated rings. The fraction of sp³-hybridized carbons (Fsp3) is 0.391. The van der Waals surface area contributed by atoms with E-state index in [0.29, 0.717) is 11.7 Å². The van der Waals surface area contributed by atoms with E-state index in [1.807, 2.05) is 31.5 Å². The van der Waals surface area contributed by atoms with Crippen molar-refractivity contribution in [2.75, 3.05) is 13.1 Å². The Morgan fingerprint density at radius 1 is 1.28 bits per heavy atom. The van der Waals surface area contributed by atoms with Crippen LogP contribution in [0.3, 0.4) is 0 Å². The Bertz CT molecular complexity index is 1050. The molecule has 0 saturated carbocycles. The topological polar surface area (TPSA) is 58.7 Å². The van der Waals surface area contributed by atoms with Crippen molar-refractivity contribution in [3.05, 3.63) is 65.2 Å². The molecule has 29 heavy (non-hydrogen) atoms. The lowest BCUT2D eigenvalue weighted by molar-refractivity contribution is 0.197. The van der Waals surface area contributed by atoms with Gasteiger partial charge in [-0.1, -0.05) is 24.3 Å². The molecule has 2 aromatic heterocycles. The fourth-order valence-corrected chi connectivity index (χ4v) is 4.23. The number of benzene rings is 1. The molecule has 1 atom stereocenters. The molecular formula is C23H28N6. The standard InChI is InChI=1S/C23H28N6/c1-4-21(24-5-2)19-9-6-8-18(13-19)14-28-11-7-10-20(15-28)22-12-17(3)27-23-25-16-26-29(22)23/h4-6,8-9,12-13,16,20H,7,10-11,14-15H2,1-3H3/b21-4-,24-5?. The maximum absolute atomic E-state index is 4.49. The second kappa shape index (κ2) is 8.66. The van der Waals surface area contributed by atoms with E-state index < -0.39 is 0 Å². The molecule has 4 rings (SSSR count). The molecule has 0 bridgehead atoms. The summed E-state index contributed by atoms with van der Waals surface area (Å²) >= 11 is 0. The Morgan fingerprint density at radius 2 is 2.17 bits per heavy atom. The van der Waals surface area contributed by atoms with Gasteiger partial charge in [-0.3, -0.25) is 9.89 Å². The van der Waals surface area contributed by atoms with Gasteiger partial charge in [-0.05, 0) is 57.9 Å². The van der Waals surface area contributed by atoms with E-state index in [-0.39, 0.29) is 0 Å². The van der Waals surface area contributed by atoms with Gasteiger partial charge in [0, 0.05) is 36.5 Å². The first-order chi connectivity index (χ1) is 14.2. The van der Waals surface area contributed by atoms with E-state index in [2.05, 4.69) is 61.4 Å². The maximum atomic E-state index is 4.49. The van der Waals surface area contributed by atoms with Gasteiger partial charge in [0.05, 0.1) is 11.4 Å². The first-order valence-corrected chi connectivity index (χ1v) is 10.3. The van der Waals surface area contributed by atoms with Crippen LogP contribution in [0.15, 0.2) is 47.7 Å². The number of nitrogens with zero attached hydrogens (tertiary/aromatic N) is 6. The maximum Gasteiger partial charge on any atom is 0.252 e. The highest BCUT2D eigenvalue weighted by Crippen LogP contribution is 2.28. The molecule has 3 aromatic rings. The van der Waals surface area contributed by atoms with E-state index in [9.17, 15) is 0 Å². The zero-order valence-electron chi connectivity index (χ0n) is 17.4. The molecule has 0 radical (unpaired) electrons. The van der Waals surface area contributed by atoms with Gasteiger partial charge >= 0.3 is 0 Å². The Hall–Kier alpha value is -2.86. The van der Waals surface area contributed by atoms with Crippen LogP contribution in [0.4, 0.5) is 0 Å². The van der Waals surface area contributed by atoms with Crippen molar-refractivity contribution >= 4 is 17.7 Å². The van der Waals surface area contributed by atoms with E-state index in [0.717, 1.165) is 31.0 Å². The van der Waals surface area contributed by atoms with Crippen LogP contribution in [-0.4, -0.2) is 43.8 Å². The summed E-state index contributed by atoms with van der Waals surface area (Å²) in [7, 11) is 0. The summed E-state index contributed by atoms with van der Waals surface area (Å²) in [6.45, 7) is 9.10. The van der Waals surface area contributed by atoms with Crippen LogP contribution < -0.4 is 0 Å². The van der Waals surface area contributed by atoms with Gasteiger partial charge < -0.3 is 0 Å². The first-order valence-electron chi connectivity index (χ1n) is 10.3. The number of likely N-dealkylation sites (tertiary alicyclic amines) is 1. The van der Waals surface area contributed by atoms with Crippen LogP contribution in [0.25, 0.3) is 11.5 Å². The van der Waals surface area contributed by atoms with E-state index in [1.54, 1.807) is 6.33 Å². The summed E-state index contributed by atoms with van der Waals surface area (Å²) in [6, 6.07) is 10.9. The molecule has 1 aliphatic heterocycles. The summed E-state index contributed by atoms with van der Waals surface area (Å²) in [4.78, 5) is 15.8. The fourth-order valence-electron chi connectivity index (χ4n) is 4.23. The number of aryl methyl sites for hydroxylation is 1. The lowest BCUT2D eigenvalue weighted by Crippen LogP contribution is -2.34. The number of fused-ring (bicyclic) bond motifs is 1. The van der Waals surface area contributed by atoms with E-state index in [1.165, 1.54) is 29.7 Å². The number of piperidine rings is 1. The minimum absolute atomic E-state index is 0.439. The molecule has 0 aliphatic carbocycles. The van der Waals surface area contributed by atoms with Crippen LogP contribution in [-0.2, 0) is 6.54 Å². The smallest absolute Gasteiger partial charge is 0.252 e. The van der Waals surface area contributed by atoms with Crippen LogP contribution in [0.2, 0.25) is 0 Å². The quantitative estimate of drug-likeness (QED) is 0.613. The Balaban J connectivity index is 1.53. The average molecular weight is 389 g/mol. The van der Waals surface area contributed by atoms with Gasteiger partial charge in [0.25, 0.3) is 5.78 Å². The van der Waals surface area contributed by atoms with Crippen LogP contribution in [0.1, 0.15) is 55.1 Å². The third kappa shape index (κ3) is 4.27. The average Bonchev–Trinajstić information content (AvgIpc) is 3.20. The van der Waals surface area contributed by atoms with Crippen molar-refractivity contribution in [1.29, 1.82) is 0 Å². The molecule has 1 aliphatic rings. The van der Waals surface area contributed by atoms with Gasteiger partial charge in [0.2, 0.25) is 0 Å². The lowest BCUT2D eigenvalue weighted by Gasteiger charge is -2.33. The molecule has 1 unspecified atom stereocenters. The highest BCUT2D eigenvalue weighted by Gasteiger charge is 2.24. The second-order valence-electron chi connectivity index (χ2n) is 7.63. The van der Waals surface area contributed by atoms with Crippen LogP contribution >= 0.6 is 0 Å². The SMILES string of the molecule is CC=N/C(=C\C)c1cccc(CN2CCCC(c3cc(C)nc4ncnn34)C2)c1. The molecule has 3 heterocycles. The number of hydrogen-bond donors (Lipinski definition) is 0. The number of rotatable bonds is 5. The van der Waals surface area contributed by atoms with Crippen LogP contribution in [0.5, 0.6) is 0 Å². The van der Waals surface area contributed by atoms with Crippen molar-refractivity contribution in [2.24, 2.45) is 4.99 Å². The van der Waals surface area contributed by atoms with Gasteiger partial charge in [-0.15, -0.1) is 0 Å². The van der Waals surface area contributed by atoms with Crippen molar-refractivity contribution in [2.45, 2.75) is 46.1 Å². The molecule has 0 amide bonds. The van der Waals surface area contributed by atoms with Crippen LogP contribution in [0, 0.1) is 6.92 Å². The Labute approximate surface area is 172 Å². The molecule has 1 aromatic carbocycles. The molecule has 6 nitrogen and oxygen atoms in total. The minimum Gasteiger partial charge on any atom is -0.298 e. The molecule has 0 N–H and O–H groups in total. The van der Waals surface area contributed by atoms with Crippen molar-refractivity contribution in [1.82, 2.24) is 24.5 Å². The van der Waals surface area contributed by atoms with Gasteiger partial charge in [-0.2, -0.15) is 10.1 Å². The van der Waals surface area contributed by atoms with E-state index >= 15 is 0 Å². The van der Waals surface area contributed by atoms with Gasteiger partial charge in [-0.25, -0.2) is 9.50 Å². The predicted molar refractivity (Wildman–Crippen MR) is 117 cm³/mol. The summed E-state index contributed by atoms with van der Waals surface area (Å²) < 4.78 is 1.91. The highest BCUT2D eigenvalue weighted by atomic mass is 15.3. The largest absolute Gasteiger partial charge is 0.298 e. The third-order valence-electron chi connectivity index (χ3n) is 5.50. The first kappa shape index (κ1) is 19.5. The molecule has 0 spiro atoms. The number of aromatic nitrogens is 4. The summed E-state index contributed by atoms with van der Waals surface area (Å²) in [5.41, 5.74) is 5.74. The second-order valence-corrected chi connectivity index (χ2v) is 7.63. The van der Waals surface area contributed by atoms with Crippen molar-refractivity contribution in [3.63, 3.8) is 0 Å². The zero-order valence-corrected chi connectivity index (χ0v) is 17.4. The summed E-state index contributed by atoms with van der Waals surface area (Å²) in [6.07, 6.45) is 7.85. The summed E-state index contributed by atoms with van der Waals surface area (Å²) in [5, 5.41) is 4.41. The number of allylic oxidation sites excluding steroid dienone is 1. The van der Waals surface area contributed by atoms with Gasteiger partial charge in [0.15, 0.2) is 0 Å². The van der Waals surface area contributed by atoms with Crippen molar-refractivity contribution in [3.8, 4) is 0 Å². The Morgan fingerprint density at radius 3 is 3.00 bits per heavy atom. The highest BCUT2D eigenvalue weighted by molar-refractivity contribution is 5.72. The van der Waals surface area contributed by atoms with Gasteiger partial charge in [0.1, 0.15) is 6.33 Å². The Kier molecular flexibility index (Phi) is 5.81. The predicted octanol–water partition coefficient (Wildman–Crippen LogP) is 4.26. The van der Waals surface area contributed by atoms with E-state index in [4.69, 9.17) is 0 Å². The molecule has 150 valence electrons. The molecule has 6 heteroatoms. The minimum atomic E-state index is 0.439. The molecule has 1 saturated heterocycles. The molecular weight excluding hydrogens is 360 g/mol. The number of aliphatic imine (C=N–C) groups is 1. The normalized spacial score (nSPS) is 18.7. The monoisotopic (exact) mass is 388 g/mol. The zero-order chi connectivity index (χ0) is 20.2.